The Bertz CT molecular complexity index is 405. The lowest BCUT2D eigenvalue weighted by atomic mass is 9.94. The molecule has 2 rings (SSSR count). The molecule has 94 valence electrons. The van der Waals surface area contributed by atoms with Crippen LogP contribution in [0.15, 0.2) is 16.6 Å². The van der Waals surface area contributed by atoms with Crippen LogP contribution in [-0.2, 0) is 0 Å². The molecule has 0 heterocycles. The van der Waals surface area contributed by atoms with Crippen molar-refractivity contribution in [2.45, 2.75) is 38.1 Å². The van der Waals surface area contributed by atoms with Crippen LogP contribution in [0, 0.1) is 11.7 Å². The van der Waals surface area contributed by atoms with Gasteiger partial charge in [-0.25, -0.2) is 4.39 Å². The van der Waals surface area contributed by atoms with Crippen molar-refractivity contribution in [2.75, 3.05) is 0 Å². The van der Waals surface area contributed by atoms with Crippen LogP contribution in [0.25, 0.3) is 0 Å². The minimum atomic E-state index is -0.383. The van der Waals surface area contributed by atoms with Crippen LogP contribution < -0.4 is 5.73 Å². The number of nitrogens with two attached hydrogens (primary N) is 1. The Morgan fingerprint density at radius 3 is 2.71 bits per heavy atom. The van der Waals surface area contributed by atoms with E-state index in [-0.39, 0.29) is 16.9 Å². The zero-order valence-corrected chi connectivity index (χ0v) is 11.9. The fraction of sp³-hybridized carbons (Fsp3) is 0.538. The molecule has 1 atom stereocenters. The van der Waals surface area contributed by atoms with Gasteiger partial charge in [0.25, 0.3) is 0 Å². The predicted octanol–water partition coefficient (Wildman–Crippen LogP) is 4.82. The molecular weight excluding hydrogens is 305 g/mol. The smallest absolute Gasteiger partial charge is 0.147 e. The first-order valence-electron chi connectivity index (χ1n) is 5.98. The summed E-state index contributed by atoms with van der Waals surface area (Å²) in [6.07, 6.45) is 5.86. The van der Waals surface area contributed by atoms with Gasteiger partial charge in [0.1, 0.15) is 5.82 Å². The van der Waals surface area contributed by atoms with E-state index in [0.717, 1.165) is 6.42 Å². The molecule has 0 aromatic heterocycles. The van der Waals surface area contributed by atoms with Crippen LogP contribution in [0.5, 0.6) is 0 Å². The van der Waals surface area contributed by atoms with Gasteiger partial charge < -0.3 is 5.73 Å². The average Bonchev–Trinajstić information content (AvgIpc) is 2.78. The maximum Gasteiger partial charge on any atom is 0.147 e. The summed E-state index contributed by atoms with van der Waals surface area (Å²) in [5, 5.41) is 0.129. The van der Waals surface area contributed by atoms with E-state index in [2.05, 4.69) is 15.9 Å². The zero-order valence-electron chi connectivity index (χ0n) is 9.56. The molecule has 4 heteroatoms. The van der Waals surface area contributed by atoms with Crippen molar-refractivity contribution in [3.8, 4) is 0 Å². The summed E-state index contributed by atoms with van der Waals surface area (Å²) in [4.78, 5) is 0. The van der Waals surface area contributed by atoms with Crippen molar-refractivity contribution >= 4 is 27.5 Å². The highest BCUT2D eigenvalue weighted by Gasteiger charge is 2.22. The molecule has 1 fully saturated rings. The maximum atomic E-state index is 13.9. The highest BCUT2D eigenvalue weighted by atomic mass is 79.9. The Morgan fingerprint density at radius 2 is 2.06 bits per heavy atom. The van der Waals surface area contributed by atoms with Crippen LogP contribution in [0.1, 0.15) is 43.7 Å². The van der Waals surface area contributed by atoms with E-state index >= 15 is 0 Å². The van der Waals surface area contributed by atoms with Gasteiger partial charge in [-0.05, 0) is 34.3 Å². The first kappa shape index (κ1) is 13.3. The number of hydrogen-bond donors (Lipinski definition) is 1. The van der Waals surface area contributed by atoms with Gasteiger partial charge >= 0.3 is 0 Å². The van der Waals surface area contributed by atoms with E-state index < -0.39 is 0 Å². The van der Waals surface area contributed by atoms with Gasteiger partial charge in [-0.15, -0.1) is 0 Å². The van der Waals surface area contributed by atoms with Gasteiger partial charge in [-0.2, -0.15) is 0 Å². The monoisotopic (exact) mass is 319 g/mol. The molecule has 0 spiro atoms. The van der Waals surface area contributed by atoms with Gasteiger partial charge in [0, 0.05) is 16.1 Å². The fourth-order valence-electron chi connectivity index (χ4n) is 2.56. The highest BCUT2D eigenvalue weighted by molar-refractivity contribution is 9.10. The molecule has 0 saturated heterocycles. The van der Waals surface area contributed by atoms with Gasteiger partial charge in [-0.1, -0.05) is 43.4 Å². The third-order valence-corrected chi connectivity index (χ3v) is 4.79. The molecule has 1 aliphatic carbocycles. The Kier molecular flexibility index (Phi) is 4.45. The first-order valence-corrected chi connectivity index (χ1v) is 7.15. The van der Waals surface area contributed by atoms with E-state index in [1.165, 1.54) is 25.7 Å². The molecule has 1 saturated carbocycles. The number of halogens is 3. The minimum Gasteiger partial charge on any atom is -0.324 e. The normalized spacial score (nSPS) is 18.6. The molecule has 1 aliphatic rings. The lowest BCUT2D eigenvalue weighted by molar-refractivity contribution is 0.440. The molecule has 0 bridgehead atoms. The Labute approximate surface area is 115 Å². The van der Waals surface area contributed by atoms with E-state index in [1.54, 1.807) is 12.1 Å². The molecule has 2 N–H and O–H groups in total. The summed E-state index contributed by atoms with van der Waals surface area (Å²) in [5.74, 6) is 0.262. The van der Waals surface area contributed by atoms with Gasteiger partial charge in [0.15, 0.2) is 0 Å². The molecular formula is C13H16BrClFN. The molecule has 0 radical (unpaired) electrons. The van der Waals surface area contributed by atoms with Crippen LogP contribution in [0.4, 0.5) is 4.39 Å². The molecule has 0 amide bonds. The molecule has 1 aromatic carbocycles. The summed E-state index contributed by atoms with van der Waals surface area (Å²) < 4.78 is 14.5. The van der Waals surface area contributed by atoms with Crippen molar-refractivity contribution in [3.63, 3.8) is 0 Å². The lowest BCUT2D eigenvalue weighted by Gasteiger charge is -2.18. The summed E-state index contributed by atoms with van der Waals surface area (Å²) in [5.41, 5.74) is 6.61. The summed E-state index contributed by atoms with van der Waals surface area (Å²) >= 11 is 9.07. The highest BCUT2D eigenvalue weighted by Crippen LogP contribution is 2.35. The van der Waals surface area contributed by atoms with E-state index in [4.69, 9.17) is 17.3 Å². The first-order chi connectivity index (χ1) is 8.09. The number of rotatable bonds is 3. The molecule has 1 nitrogen and oxygen atoms in total. The van der Waals surface area contributed by atoms with E-state index in [9.17, 15) is 4.39 Å². The predicted molar refractivity (Wildman–Crippen MR) is 72.6 cm³/mol. The number of benzene rings is 1. The largest absolute Gasteiger partial charge is 0.324 e. The Hall–Kier alpha value is -0.120. The van der Waals surface area contributed by atoms with Crippen molar-refractivity contribution in [2.24, 2.45) is 11.7 Å². The fourth-order valence-corrected chi connectivity index (χ4v) is 3.04. The molecule has 0 aliphatic heterocycles. The second-order valence-corrected chi connectivity index (χ2v) is 5.99. The van der Waals surface area contributed by atoms with Crippen molar-refractivity contribution in [1.82, 2.24) is 0 Å². The van der Waals surface area contributed by atoms with Crippen LogP contribution in [0.3, 0.4) is 0 Å². The third-order valence-electron chi connectivity index (χ3n) is 3.53. The van der Waals surface area contributed by atoms with Crippen molar-refractivity contribution in [1.29, 1.82) is 0 Å². The van der Waals surface area contributed by atoms with E-state index in [0.29, 0.717) is 16.0 Å². The summed E-state index contributed by atoms with van der Waals surface area (Å²) in [6.45, 7) is 0. The maximum absolute atomic E-state index is 13.9. The SMILES string of the molecule is NC(CC1CCCC1)c1ccc(Br)c(Cl)c1F. The van der Waals surface area contributed by atoms with Gasteiger partial charge in [-0.3, -0.25) is 0 Å². The summed E-state index contributed by atoms with van der Waals surface area (Å²) in [7, 11) is 0. The average molecular weight is 321 g/mol. The summed E-state index contributed by atoms with van der Waals surface area (Å²) in [6, 6.07) is 3.24. The standard InChI is InChI=1S/C13H16BrClFN/c14-10-6-5-9(13(16)12(10)15)11(17)7-8-3-1-2-4-8/h5-6,8,11H,1-4,7,17H2. The topological polar surface area (TPSA) is 26.0 Å². The van der Waals surface area contributed by atoms with Crippen LogP contribution in [0.2, 0.25) is 5.02 Å². The van der Waals surface area contributed by atoms with Crippen LogP contribution >= 0.6 is 27.5 Å². The lowest BCUT2D eigenvalue weighted by Crippen LogP contribution is -2.15. The third kappa shape index (κ3) is 3.01. The number of hydrogen-bond acceptors (Lipinski definition) is 1. The molecule has 1 unspecified atom stereocenters. The molecule has 17 heavy (non-hydrogen) atoms. The zero-order chi connectivity index (χ0) is 12.4. The quantitative estimate of drug-likeness (QED) is 0.794. The van der Waals surface area contributed by atoms with E-state index in [1.807, 2.05) is 0 Å². The Morgan fingerprint density at radius 1 is 1.41 bits per heavy atom. The van der Waals surface area contributed by atoms with Crippen LogP contribution in [-0.4, -0.2) is 0 Å². The van der Waals surface area contributed by atoms with Crippen molar-refractivity contribution < 1.29 is 4.39 Å². The molecule has 1 aromatic rings. The second kappa shape index (κ2) is 5.68. The minimum absolute atomic E-state index is 0.129. The van der Waals surface area contributed by atoms with Crippen molar-refractivity contribution in [3.05, 3.63) is 33.0 Å². The second-order valence-electron chi connectivity index (χ2n) is 4.76. The van der Waals surface area contributed by atoms with Gasteiger partial charge in [0.2, 0.25) is 0 Å². The Balaban J connectivity index is 2.13. The van der Waals surface area contributed by atoms with Gasteiger partial charge in [0.05, 0.1) is 5.02 Å².